The van der Waals surface area contributed by atoms with E-state index in [1.807, 2.05) is 0 Å². The van der Waals surface area contributed by atoms with E-state index in [0.717, 1.165) is 37.0 Å². The van der Waals surface area contributed by atoms with E-state index >= 15 is 0 Å². The summed E-state index contributed by atoms with van der Waals surface area (Å²) in [6, 6.07) is 10.8. The van der Waals surface area contributed by atoms with Crippen LogP contribution in [0.1, 0.15) is 88.7 Å². The molecule has 2 aliphatic carbocycles. The Morgan fingerprint density at radius 2 is 1.52 bits per heavy atom. The van der Waals surface area contributed by atoms with Crippen LogP contribution in [0.4, 0.5) is 4.39 Å². The Labute approximate surface area is 177 Å². The van der Waals surface area contributed by atoms with Gasteiger partial charge in [0.2, 0.25) is 0 Å². The topological polar surface area (TPSA) is 23.8 Å². The molecular weight excluding hydrogens is 357 g/mol. The summed E-state index contributed by atoms with van der Waals surface area (Å²) in [7, 11) is 0. The average molecular weight is 396 g/mol. The van der Waals surface area contributed by atoms with Crippen molar-refractivity contribution in [2.24, 2.45) is 23.7 Å². The minimum Gasteiger partial charge on any atom is -0.195 e. The molecule has 0 spiro atoms. The van der Waals surface area contributed by atoms with Crippen LogP contribution in [0, 0.1) is 35.0 Å². The summed E-state index contributed by atoms with van der Waals surface area (Å²) < 4.78 is 13.2. The van der Waals surface area contributed by atoms with Gasteiger partial charge in [0, 0.05) is 0 Å². The first-order valence-corrected chi connectivity index (χ1v) is 12.0. The maximum Gasteiger partial charge on any atom is 0.196 e. The third-order valence-electron chi connectivity index (χ3n) is 7.62. The third kappa shape index (κ3) is 6.98. The molecular formula is C27H38FN. The number of allylic oxidation sites excluding steroid dienone is 2. The maximum absolute atomic E-state index is 13.2. The molecule has 158 valence electrons. The molecule has 2 saturated carbocycles. The smallest absolute Gasteiger partial charge is 0.195 e. The molecule has 1 aromatic carbocycles. The van der Waals surface area contributed by atoms with E-state index < -0.39 is 5.83 Å². The van der Waals surface area contributed by atoms with Gasteiger partial charge in [0.15, 0.2) is 5.83 Å². The SMILES string of the molecule is CCc1ccc(CCCCC2CCC(C3CCC(C=C(F)C#N)CC3)CC2)cc1. The van der Waals surface area contributed by atoms with Crippen LogP contribution in [0.25, 0.3) is 0 Å². The molecule has 1 nitrogen and oxygen atoms in total. The highest BCUT2D eigenvalue weighted by atomic mass is 19.1. The number of nitrogens with zero attached hydrogens (tertiary/aromatic N) is 1. The van der Waals surface area contributed by atoms with Gasteiger partial charge in [-0.3, -0.25) is 0 Å². The zero-order chi connectivity index (χ0) is 20.5. The van der Waals surface area contributed by atoms with Crippen molar-refractivity contribution in [3.05, 3.63) is 47.3 Å². The highest BCUT2D eigenvalue weighted by Gasteiger charge is 2.30. The van der Waals surface area contributed by atoms with Gasteiger partial charge in [-0.2, -0.15) is 9.65 Å². The van der Waals surface area contributed by atoms with Crippen LogP contribution in [0.15, 0.2) is 36.2 Å². The summed E-state index contributed by atoms with van der Waals surface area (Å²) in [5.41, 5.74) is 2.93. The van der Waals surface area contributed by atoms with Crippen LogP contribution in [-0.2, 0) is 12.8 Å². The fourth-order valence-electron chi connectivity index (χ4n) is 5.68. The third-order valence-corrected chi connectivity index (χ3v) is 7.62. The number of benzene rings is 1. The molecule has 0 aliphatic heterocycles. The Morgan fingerprint density at radius 3 is 2.10 bits per heavy atom. The fraction of sp³-hybridized carbons (Fsp3) is 0.667. The fourth-order valence-corrected chi connectivity index (χ4v) is 5.68. The zero-order valence-electron chi connectivity index (χ0n) is 18.2. The van der Waals surface area contributed by atoms with Crippen molar-refractivity contribution in [1.82, 2.24) is 0 Å². The number of unbranched alkanes of at least 4 members (excludes halogenated alkanes) is 1. The highest BCUT2D eigenvalue weighted by molar-refractivity contribution is 5.22. The van der Waals surface area contributed by atoms with Crippen molar-refractivity contribution >= 4 is 0 Å². The number of hydrogen-bond acceptors (Lipinski definition) is 1. The second kappa shape index (κ2) is 11.5. The van der Waals surface area contributed by atoms with Crippen LogP contribution >= 0.6 is 0 Å². The monoisotopic (exact) mass is 395 g/mol. The van der Waals surface area contributed by atoms with Gasteiger partial charge >= 0.3 is 0 Å². The lowest BCUT2D eigenvalue weighted by Crippen LogP contribution is -2.25. The molecule has 0 unspecified atom stereocenters. The number of hydrogen-bond donors (Lipinski definition) is 0. The molecule has 0 radical (unpaired) electrons. The first-order chi connectivity index (χ1) is 14.2. The zero-order valence-corrected chi connectivity index (χ0v) is 18.2. The second-order valence-corrected chi connectivity index (χ2v) is 9.50. The van der Waals surface area contributed by atoms with E-state index in [1.165, 1.54) is 75.3 Å². The lowest BCUT2D eigenvalue weighted by Gasteiger charge is -2.37. The Morgan fingerprint density at radius 1 is 0.931 bits per heavy atom. The molecule has 0 heterocycles. The summed E-state index contributed by atoms with van der Waals surface area (Å²) in [5, 5.41) is 8.61. The van der Waals surface area contributed by atoms with Crippen LogP contribution < -0.4 is 0 Å². The quantitative estimate of drug-likeness (QED) is 0.323. The van der Waals surface area contributed by atoms with Gasteiger partial charge in [-0.1, -0.05) is 56.9 Å². The molecule has 2 heteroatoms. The minimum absolute atomic E-state index is 0.292. The number of halogens is 1. The Hall–Kier alpha value is -1.62. The van der Waals surface area contributed by atoms with Gasteiger partial charge in [-0.25, -0.2) is 0 Å². The summed E-state index contributed by atoms with van der Waals surface area (Å²) in [6.07, 6.45) is 18.2. The van der Waals surface area contributed by atoms with Crippen molar-refractivity contribution in [2.75, 3.05) is 0 Å². The van der Waals surface area contributed by atoms with Crippen molar-refractivity contribution in [3.8, 4) is 6.07 Å². The first kappa shape index (κ1) is 22.1. The molecule has 0 bridgehead atoms. The number of nitriles is 1. The molecule has 0 N–H and O–H groups in total. The predicted molar refractivity (Wildman–Crippen MR) is 119 cm³/mol. The van der Waals surface area contributed by atoms with E-state index in [9.17, 15) is 4.39 Å². The van der Waals surface area contributed by atoms with Crippen LogP contribution in [0.2, 0.25) is 0 Å². The van der Waals surface area contributed by atoms with E-state index in [-0.39, 0.29) is 0 Å². The summed E-state index contributed by atoms with van der Waals surface area (Å²) in [6.45, 7) is 2.21. The Kier molecular flexibility index (Phi) is 8.78. The van der Waals surface area contributed by atoms with Crippen LogP contribution in [0.3, 0.4) is 0 Å². The Balaban J connectivity index is 1.29. The van der Waals surface area contributed by atoms with Crippen LogP contribution in [0.5, 0.6) is 0 Å². The van der Waals surface area contributed by atoms with Gasteiger partial charge in [0.1, 0.15) is 6.07 Å². The second-order valence-electron chi connectivity index (χ2n) is 9.50. The standard InChI is InChI=1S/C27H38FN/c1-2-21-7-9-22(10-8-21)5-3-4-6-23-11-15-25(16-12-23)26-17-13-24(14-18-26)19-27(28)20-29/h7-10,19,23-26H,2-6,11-18H2,1H3. The summed E-state index contributed by atoms with van der Waals surface area (Å²) >= 11 is 0. The molecule has 1 aromatic rings. The number of aryl methyl sites for hydroxylation is 2. The van der Waals surface area contributed by atoms with E-state index in [4.69, 9.17) is 5.26 Å². The van der Waals surface area contributed by atoms with Crippen molar-refractivity contribution in [1.29, 1.82) is 5.26 Å². The molecule has 2 aliphatic rings. The average Bonchev–Trinajstić information content (AvgIpc) is 2.78. The van der Waals surface area contributed by atoms with E-state index in [2.05, 4.69) is 31.2 Å². The molecule has 0 atom stereocenters. The number of rotatable bonds is 8. The lowest BCUT2D eigenvalue weighted by molar-refractivity contribution is 0.151. The molecule has 0 aromatic heterocycles. The predicted octanol–water partition coefficient (Wildman–Crippen LogP) is 7.95. The largest absolute Gasteiger partial charge is 0.196 e. The van der Waals surface area contributed by atoms with Crippen molar-refractivity contribution in [3.63, 3.8) is 0 Å². The Bertz CT molecular complexity index is 667. The van der Waals surface area contributed by atoms with Crippen LogP contribution in [-0.4, -0.2) is 0 Å². The normalized spacial score (nSPS) is 28.1. The molecule has 0 amide bonds. The summed E-state index contributed by atoms with van der Waals surface area (Å²) in [5.74, 6) is 2.39. The van der Waals surface area contributed by atoms with E-state index in [1.54, 1.807) is 12.1 Å². The van der Waals surface area contributed by atoms with E-state index in [0.29, 0.717) is 5.92 Å². The molecule has 3 rings (SSSR count). The van der Waals surface area contributed by atoms with Gasteiger partial charge in [-0.05, 0) is 98.7 Å². The molecule has 0 saturated heterocycles. The first-order valence-electron chi connectivity index (χ1n) is 12.0. The molecule has 2 fully saturated rings. The van der Waals surface area contributed by atoms with Crippen molar-refractivity contribution in [2.45, 2.75) is 90.4 Å². The van der Waals surface area contributed by atoms with Gasteiger partial charge < -0.3 is 0 Å². The maximum atomic E-state index is 13.2. The highest BCUT2D eigenvalue weighted by Crippen LogP contribution is 2.42. The molecule has 29 heavy (non-hydrogen) atoms. The van der Waals surface area contributed by atoms with Gasteiger partial charge in [0.05, 0.1) is 0 Å². The van der Waals surface area contributed by atoms with Gasteiger partial charge in [-0.15, -0.1) is 0 Å². The van der Waals surface area contributed by atoms with Crippen molar-refractivity contribution < 1.29 is 4.39 Å². The lowest BCUT2D eigenvalue weighted by atomic mass is 9.68. The minimum atomic E-state index is -0.591. The summed E-state index contributed by atoms with van der Waals surface area (Å²) in [4.78, 5) is 0. The van der Waals surface area contributed by atoms with Gasteiger partial charge in [0.25, 0.3) is 0 Å².